The lowest BCUT2D eigenvalue weighted by atomic mass is 9.99. The first-order chi connectivity index (χ1) is 18.3. The highest BCUT2D eigenvalue weighted by molar-refractivity contribution is 7.90. The average Bonchev–Trinajstić information content (AvgIpc) is 2.93. The minimum atomic E-state index is -3.29. The quantitative estimate of drug-likeness (QED) is 0.151. The highest BCUT2D eigenvalue weighted by Crippen LogP contribution is 2.41. The summed E-state index contributed by atoms with van der Waals surface area (Å²) in [5, 5.41) is 1.86. The zero-order valence-corrected chi connectivity index (χ0v) is 22.8. The van der Waals surface area contributed by atoms with Crippen LogP contribution >= 0.6 is 0 Å². The first kappa shape index (κ1) is 27.4. The zero-order chi connectivity index (χ0) is 27.1. The lowest BCUT2D eigenvalue weighted by Gasteiger charge is -2.16. The molecule has 4 rings (SSSR count). The van der Waals surface area contributed by atoms with Crippen LogP contribution in [-0.2, 0) is 19.3 Å². The molecule has 0 atom stereocenters. The van der Waals surface area contributed by atoms with Gasteiger partial charge in [-0.05, 0) is 78.0 Å². The van der Waals surface area contributed by atoms with Crippen molar-refractivity contribution in [3.63, 3.8) is 0 Å². The summed E-state index contributed by atoms with van der Waals surface area (Å²) in [6.45, 7) is 0.544. The molecule has 200 valence electrons. The Hall–Kier alpha value is -3.59. The van der Waals surface area contributed by atoms with Crippen molar-refractivity contribution in [2.75, 3.05) is 34.2 Å². The van der Waals surface area contributed by atoms with Gasteiger partial charge in [0, 0.05) is 37.8 Å². The van der Waals surface area contributed by atoms with Crippen LogP contribution in [0.3, 0.4) is 0 Å². The molecule has 4 aromatic carbocycles. The molecule has 0 saturated heterocycles. The van der Waals surface area contributed by atoms with Crippen LogP contribution in [0.1, 0.15) is 12.8 Å². The van der Waals surface area contributed by atoms with Gasteiger partial charge in [-0.1, -0.05) is 18.2 Å². The average molecular weight is 537 g/mol. The number of benzene rings is 4. The molecule has 0 heterocycles. The maximum atomic E-state index is 11.9. The van der Waals surface area contributed by atoms with E-state index in [0.29, 0.717) is 18.1 Å². The van der Waals surface area contributed by atoms with E-state index in [0.717, 1.165) is 46.2 Å². The van der Waals surface area contributed by atoms with E-state index in [2.05, 4.69) is 0 Å². The molecule has 0 aliphatic heterocycles. The molecule has 7 nitrogen and oxygen atoms in total. The van der Waals surface area contributed by atoms with Gasteiger partial charge in [-0.25, -0.2) is 8.42 Å². The number of ether oxygens (including phenoxy) is 5. The highest BCUT2D eigenvalue weighted by Gasteiger charge is 2.15. The third-order valence-corrected chi connectivity index (χ3v) is 7.32. The molecule has 0 bridgehead atoms. The van der Waals surface area contributed by atoms with Crippen molar-refractivity contribution in [2.24, 2.45) is 0 Å². The number of fused-ring (bicyclic) bond motifs is 1. The Balaban J connectivity index is 1.60. The molecule has 8 heteroatoms. The van der Waals surface area contributed by atoms with E-state index in [9.17, 15) is 8.42 Å². The van der Waals surface area contributed by atoms with Gasteiger partial charge in [0.1, 0.15) is 23.0 Å². The maximum Gasteiger partial charge on any atom is 0.175 e. The first-order valence-electron chi connectivity index (χ1n) is 12.2. The van der Waals surface area contributed by atoms with Crippen LogP contribution in [-0.4, -0.2) is 48.9 Å². The summed E-state index contributed by atoms with van der Waals surface area (Å²) >= 11 is 0. The number of rotatable bonds is 12. The second-order valence-corrected chi connectivity index (χ2v) is 10.8. The zero-order valence-electron chi connectivity index (χ0n) is 22.0. The van der Waals surface area contributed by atoms with Crippen molar-refractivity contribution in [3.8, 4) is 34.1 Å². The molecule has 4 aromatic rings. The summed E-state index contributed by atoms with van der Waals surface area (Å²) in [6, 6.07) is 24.0. The monoisotopic (exact) mass is 536 g/mol. The molecule has 0 spiro atoms. The van der Waals surface area contributed by atoms with E-state index < -0.39 is 9.84 Å². The summed E-state index contributed by atoms with van der Waals surface area (Å²) < 4.78 is 52.0. The van der Waals surface area contributed by atoms with Gasteiger partial charge in [0.25, 0.3) is 0 Å². The fourth-order valence-corrected chi connectivity index (χ4v) is 4.75. The summed E-state index contributed by atoms with van der Waals surface area (Å²) in [5.41, 5.74) is 1.68. The molecular formula is C30H32O7S. The second kappa shape index (κ2) is 12.3. The topological polar surface area (TPSA) is 80.3 Å². The van der Waals surface area contributed by atoms with Crippen molar-refractivity contribution in [1.82, 2.24) is 0 Å². The van der Waals surface area contributed by atoms with Gasteiger partial charge in [0.05, 0.1) is 18.6 Å². The van der Waals surface area contributed by atoms with Crippen LogP contribution < -0.4 is 14.2 Å². The van der Waals surface area contributed by atoms with Crippen molar-refractivity contribution >= 4 is 20.6 Å². The van der Waals surface area contributed by atoms with Crippen LogP contribution in [0.4, 0.5) is 0 Å². The van der Waals surface area contributed by atoms with E-state index in [4.69, 9.17) is 23.7 Å². The van der Waals surface area contributed by atoms with Gasteiger partial charge in [0.2, 0.25) is 0 Å². The van der Waals surface area contributed by atoms with Crippen molar-refractivity contribution in [2.45, 2.75) is 24.0 Å². The molecule has 0 aliphatic rings. The normalized spacial score (nSPS) is 11.6. The second-order valence-electron chi connectivity index (χ2n) is 8.79. The van der Waals surface area contributed by atoms with Gasteiger partial charge >= 0.3 is 0 Å². The molecule has 0 unspecified atom stereocenters. The predicted molar refractivity (Wildman–Crippen MR) is 148 cm³/mol. The van der Waals surface area contributed by atoms with Crippen molar-refractivity contribution in [1.29, 1.82) is 0 Å². The van der Waals surface area contributed by atoms with E-state index in [1.54, 1.807) is 45.6 Å². The van der Waals surface area contributed by atoms with Gasteiger partial charge in [-0.2, -0.15) is 0 Å². The standard InChI is InChI=1S/C30H32O7S/c1-33-25-14-18-28-22(20-25)9-17-27(21-7-15-26(16-8-21)38(4,31)32)30(28)37-24-12-10-23(11-13-24)36-19-5-6-29(34-2)35-3/h7-18,20,29H,5-6,19H2,1-4H3. The first-order valence-corrected chi connectivity index (χ1v) is 14.1. The molecule has 0 aromatic heterocycles. The summed E-state index contributed by atoms with van der Waals surface area (Å²) in [6.07, 6.45) is 2.51. The largest absolute Gasteiger partial charge is 0.497 e. The Morgan fingerprint density at radius 2 is 1.42 bits per heavy atom. The molecule has 0 aliphatic carbocycles. The van der Waals surface area contributed by atoms with E-state index >= 15 is 0 Å². The van der Waals surface area contributed by atoms with E-state index in [-0.39, 0.29) is 11.2 Å². The Morgan fingerprint density at radius 1 is 0.763 bits per heavy atom. The van der Waals surface area contributed by atoms with Gasteiger partial charge in [-0.15, -0.1) is 0 Å². The number of hydrogen-bond donors (Lipinski definition) is 0. The van der Waals surface area contributed by atoms with E-state index in [1.165, 1.54) is 6.26 Å². The molecule has 0 N–H and O–H groups in total. The lowest BCUT2D eigenvalue weighted by molar-refractivity contribution is -0.107. The van der Waals surface area contributed by atoms with Crippen LogP contribution in [0.15, 0.2) is 83.8 Å². The number of hydrogen-bond acceptors (Lipinski definition) is 7. The molecule has 0 saturated carbocycles. The Morgan fingerprint density at radius 3 is 2.05 bits per heavy atom. The summed E-state index contributed by atoms with van der Waals surface area (Å²) in [4.78, 5) is 0.268. The third-order valence-electron chi connectivity index (χ3n) is 6.19. The smallest absolute Gasteiger partial charge is 0.175 e. The third kappa shape index (κ3) is 6.64. The summed E-state index contributed by atoms with van der Waals surface area (Å²) in [7, 11) is 1.58. The van der Waals surface area contributed by atoms with Crippen molar-refractivity contribution < 1.29 is 32.1 Å². The SMILES string of the molecule is COc1ccc2c(Oc3ccc(OCCCC(OC)OC)cc3)c(-c3ccc(S(C)(=O)=O)cc3)ccc2c1. The molecule has 0 fully saturated rings. The van der Waals surface area contributed by atoms with Gasteiger partial charge in [-0.3, -0.25) is 0 Å². The number of sulfone groups is 1. The van der Waals surface area contributed by atoms with Crippen LogP contribution in [0.25, 0.3) is 21.9 Å². The van der Waals surface area contributed by atoms with Crippen LogP contribution in [0.5, 0.6) is 23.0 Å². The van der Waals surface area contributed by atoms with Gasteiger partial charge in [0.15, 0.2) is 16.1 Å². The fourth-order valence-electron chi connectivity index (χ4n) is 4.12. The highest BCUT2D eigenvalue weighted by atomic mass is 32.2. The Labute approximate surface area is 223 Å². The summed E-state index contributed by atoms with van der Waals surface area (Å²) in [5.74, 6) is 2.80. The molecule has 38 heavy (non-hydrogen) atoms. The maximum absolute atomic E-state index is 11.9. The van der Waals surface area contributed by atoms with Gasteiger partial charge < -0.3 is 23.7 Å². The minimum Gasteiger partial charge on any atom is -0.497 e. The number of methoxy groups -OCH3 is 3. The fraction of sp³-hybridized carbons (Fsp3) is 0.267. The minimum absolute atomic E-state index is 0.230. The lowest BCUT2D eigenvalue weighted by Crippen LogP contribution is -2.14. The predicted octanol–water partition coefficient (Wildman–Crippen LogP) is 6.49. The Kier molecular flexibility index (Phi) is 8.89. The van der Waals surface area contributed by atoms with E-state index in [1.807, 2.05) is 54.6 Å². The van der Waals surface area contributed by atoms with Crippen LogP contribution in [0, 0.1) is 0 Å². The molecule has 0 radical (unpaired) electrons. The molecular weight excluding hydrogens is 504 g/mol. The van der Waals surface area contributed by atoms with Crippen molar-refractivity contribution in [3.05, 3.63) is 78.9 Å². The Bertz CT molecular complexity index is 1460. The molecule has 0 amide bonds. The van der Waals surface area contributed by atoms with Crippen LogP contribution in [0.2, 0.25) is 0 Å².